The van der Waals surface area contributed by atoms with E-state index in [1.54, 1.807) is 0 Å². The molecular formula is C12H11IS. The number of hydrogen-bond donors (Lipinski definition) is 1. The second-order valence-corrected chi connectivity index (χ2v) is 4.39. The average Bonchev–Trinajstić information content (AvgIpc) is 2.21. The molecule has 72 valence electrons. The molecule has 0 bridgehead atoms. The predicted octanol–water partition coefficient (Wildman–Crippen LogP) is 4.27. The maximum Gasteiger partial charge on any atom is 0.0130 e. The minimum absolute atomic E-state index is 1.02. The van der Waals surface area contributed by atoms with E-state index in [4.69, 9.17) is 0 Å². The maximum absolute atomic E-state index is 4.08. The molecule has 2 aromatic rings. The molecule has 0 aliphatic heterocycles. The minimum atomic E-state index is 1.02. The van der Waals surface area contributed by atoms with E-state index in [0.29, 0.717) is 0 Å². The number of benzene rings is 2. The summed E-state index contributed by atoms with van der Waals surface area (Å²) in [6, 6.07) is 20.0. The van der Waals surface area contributed by atoms with Gasteiger partial charge in [-0.25, -0.2) is 0 Å². The predicted molar refractivity (Wildman–Crippen MR) is 72.9 cm³/mol. The normalized spacial score (nSPS) is 8.71. The highest BCUT2D eigenvalue weighted by molar-refractivity contribution is 14.1. The van der Waals surface area contributed by atoms with Gasteiger partial charge in [0.25, 0.3) is 0 Å². The Morgan fingerprint density at radius 3 is 1.36 bits per heavy atom. The zero-order chi connectivity index (χ0) is 10.2. The first-order valence-corrected chi connectivity index (χ1v) is 5.76. The molecule has 14 heavy (non-hydrogen) atoms. The highest BCUT2D eigenvalue weighted by Gasteiger charge is 1.74. The minimum Gasteiger partial charge on any atom is -0.143 e. The summed E-state index contributed by atoms with van der Waals surface area (Å²) in [7, 11) is 0. The van der Waals surface area contributed by atoms with Crippen LogP contribution in [0.3, 0.4) is 0 Å². The molecule has 2 aromatic carbocycles. The molecule has 0 aliphatic rings. The second-order valence-electron chi connectivity index (χ2n) is 2.63. The largest absolute Gasteiger partial charge is 0.143 e. The third-order valence-electron chi connectivity index (χ3n) is 1.49. The molecule has 2 rings (SSSR count). The molecule has 0 amide bonds. The average molecular weight is 314 g/mol. The number of halogens is 1. The molecule has 0 nitrogen and oxygen atoms in total. The van der Waals surface area contributed by atoms with Gasteiger partial charge in [-0.3, -0.25) is 0 Å². The van der Waals surface area contributed by atoms with E-state index in [0.717, 1.165) is 4.90 Å². The lowest BCUT2D eigenvalue weighted by molar-refractivity contribution is 1.48. The molecule has 0 spiro atoms. The molecule has 2 heteroatoms. The van der Waals surface area contributed by atoms with Gasteiger partial charge in [0, 0.05) is 8.47 Å². The Morgan fingerprint density at radius 2 is 1.14 bits per heavy atom. The van der Waals surface area contributed by atoms with Crippen molar-refractivity contribution in [3.05, 3.63) is 64.2 Å². The maximum atomic E-state index is 4.08. The first-order chi connectivity index (χ1) is 6.79. The summed E-state index contributed by atoms with van der Waals surface area (Å²) in [4.78, 5) is 1.02. The van der Waals surface area contributed by atoms with Crippen LogP contribution in [0.4, 0.5) is 0 Å². The SMILES string of the molecule is Ic1ccccc1.Sc1ccccc1. The second kappa shape index (κ2) is 6.90. The molecule has 0 N–H and O–H groups in total. The fourth-order valence-corrected chi connectivity index (χ4v) is 1.43. The topological polar surface area (TPSA) is 0 Å². The highest BCUT2D eigenvalue weighted by Crippen LogP contribution is 2.01. The first-order valence-electron chi connectivity index (χ1n) is 4.23. The Bertz CT molecular complexity index is 308. The van der Waals surface area contributed by atoms with E-state index in [-0.39, 0.29) is 0 Å². The van der Waals surface area contributed by atoms with E-state index in [9.17, 15) is 0 Å². The fourth-order valence-electron chi connectivity index (χ4n) is 0.843. The lowest BCUT2D eigenvalue weighted by atomic mass is 10.4. The Hall–Kier alpha value is -0.480. The number of hydrogen-bond acceptors (Lipinski definition) is 1. The molecule has 0 aromatic heterocycles. The van der Waals surface area contributed by atoms with Crippen LogP contribution >= 0.6 is 35.2 Å². The summed E-state index contributed by atoms with van der Waals surface area (Å²) in [6.07, 6.45) is 0. The zero-order valence-electron chi connectivity index (χ0n) is 7.60. The third kappa shape index (κ3) is 5.29. The quantitative estimate of drug-likeness (QED) is 0.545. The lowest BCUT2D eigenvalue weighted by Gasteiger charge is -1.81. The molecule has 0 atom stereocenters. The van der Waals surface area contributed by atoms with Gasteiger partial charge in [-0.1, -0.05) is 36.4 Å². The van der Waals surface area contributed by atoms with Crippen molar-refractivity contribution in [2.24, 2.45) is 0 Å². The zero-order valence-corrected chi connectivity index (χ0v) is 10.7. The van der Waals surface area contributed by atoms with Gasteiger partial charge in [-0.15, -0.1) is 12.6 Å². The van der Waals surface area contributed by atoms with Crippen molar-refractivity contribution in [1.82, 2.24) is 0 Å². The van der Waals surface area contributed by atoms with Crippen molar-refractivity contribution in [3.63, 3.8) is 0 Å². The van der Waals surface area contributed by atoms with E-state index in [1.165, 1.54) is 3.57 Å². The van der Waals surface area contributed by atoms with Gasteiger partial charge in [0.15, 0.2) is 0 Å². The molecule has 0 saturated heterocycles. The van der Waals surface area contributed by atoms with Crippen LogP contribution in [-0.2, 0) is 0 Å². The van der Waals surface area contributed by atoms with Crippen LogP contribution in [-0.4, -0.2) is 0 Å². The molecule has 0 radical (unpaired) electrons. The summed E-state index contributed by atoms with van der Waals surface area (Å²) in [5, 5.41) is 0. The van der Waals surface area contributed by atoms with E-state index >= 15 is 0 Å². The Morgan fingerprint density at radius 1 is 0.714 bits per heavy atom. The molecule has 0 heterocycles. The summed E-state index contributed by atoms with van der Waals surface area (Å²) in [5.41, 5.74) is 0. The molecule has 0 saturated carbocycles. The first kappa shape index (κ1) is 11.6. The Kier molecular flexibility index (Phi) is 5.71. The van der Waals surface area contributed by atoms with Gasteiger partial charge in [0.1, 0.15) is 0 Å². The van der Waals surface area contributed by atoms with Crippen LogP contribution in [0.1, 0.15) is 0 Å². The van der Waals surface area contributed by atoms with Gasteiger partial charge in [0.05, 0.1) is 0 Å². The van der Waals surface area contributed by atoms with Crippen molar-refractivity contribution in [2.45, 2.75) is 4.90 Å². The van der Waals surface area contributed by atoms with Gasteiger partial charge in [-0.2, -0.15) is 0 Å². The van der Waals surface area contributed by atoms with E-state index in [1.807, 2.05) is 48.5 Å². The van der Waals surface area contributed by atoms with Gasteiger partial charge in [0.2, 0.25) is 0 Å². The fraction of sp³-hybridized carbons (Fsp3) is 0. The Balaban J connectivity index is 0.000000140. The monoisotopic (exact) mass is 314 g/mol. The van der Waals surface area contributed by atoms with Crippen LogP contribution in [0.2, 0.25) is 0 Å². The van der Waals surface area contributed by atoms with Crippen molar-refractivity contribution in [1.29, 1.82) is 0 Å². The summed E-state index contributed by atoms with van der Waals surface area (Å²) in [5.74, 6) is 0. The van der Waals surface area contributed by atoms with Gasteiger partial charge in [-0.05, 0) is 46.9 Å². The van der Waals surface area contributed by atoms with Crippen molar-refractivity contribution in [3.8, 4) is 0 Å². The van der Waals surface area contributed by atoms with Gasteiger partial charge >= 0.3 is 0 Å². The lowest BCUT2D eigenvalue weighted by Crippen LogP contribution is -1.61. The van der Waals surface area contributed by atoms with E-state index in [2.05, 4.69) is 47.4 Å². The van der Waals surface area contributed by atoms with Crippen molar-refractivity contribution in [2.75, 3.05) is 0 Å². The standard InChI is InChI=1S/C6H5I.C6H6S/c2*7-6-4-2-1-3-5-6/h1-5H;1-5,7H. The van der Waals surface area contributed by atoms with Crippen LogP contribution in [0, 0.1) is 3.57 Å². The van der Waals surface area contributed by atoms with Crippen molar-refractivity contribution < 1.29 is 0 Å². The smallest absolute Gasteiger partial charge is 0.0130 e. The van der Waals surface area contributed by atoms with Crippen LogP contribution in [0.15, 0.2) is 65.6 Å². The Labute approximate surface area is 104 Å². The van der Waals surface area contributed by atoms with Crippen LogP contribution in [0.25, 0.3) is 0 Å². The van der Waals surface area contributed by atoms with Crippen LogP contribution in [0.5, 0.6) is 0 Å². The number of rotatable bonds is 0. The summed E-state index contributed by atoms with van der Waals surface area (Å²) in [6.45, 7) is 0. The van der Waals surface area contributed by atoms with Crippen LogP contribution < -0.4 is 0 Å². The van der Waals surface area contributed by atoms with E-state index < -0.39 is 0 Å². The molecule has 0 aliphatic carbocycles. The molecule has 0 unspecified atom stereocenters. The molecule has 0 fully saturated rings. The van der Waals surface area contributed by atoms with Gasteiger partial charge < -0.3 is 0 Å². The summed E-state index contributed by atoms with van der Waals surface area (Å²) >= 11 is 6.36. The molecular weight excluding hydrogens is 303 g/mol. The number of thiol groups is 1. The van der Waals surface area contributed by atoms with Crippen molar-refractivity contribution >= 4 is 35.2 Å². The third-order valence-corrected chi connectivity index (χ3v) is 2.51. The highest BCUT2D eigenvalue weighted by atomic mass is 127. The summed E-state index contributed by atoms with van der Waals surface area (Å²) < 4.78 is 1.29.